The van der Waals surface area contributed by atoms with Gasteiger partial charge in [0.05, 0.1) is 12.8 Å². The summed E-state index contributed by atoms with van der Waals surface area (Å²) >= 11 is 0. The zero-order valence-electron chi connectivity index (χ0n) is 10.1. The minimum absolute atomic E-state index is 0.429. The van der Waals surface area contributed by atoms with Gasteiger partial charge in [0.25, 0.3) is 0 Å². The highest BCUT2D eigenvalue weighted by Gasteiger charge is 2.23. The molecular formula is C13H22N2O. The normalized spacial score (nSPS) is 26.2. The van der Waals surface area contributed by atoms with E-state index in [0.717, 1.165) is 18.8 Å². The van der Waals surface area contributed by atoms with Gasteiger partial charge in [0.1, 0.15) is 5.76 Å². The summed E-state index contributed by atoms with van der Waals surface area (Å²) in [6.45, 7) is 4.24. The monoisotopic (exact) mass is 222 g/mol. The summed E-state index contributed by atoms with van der Waals surface area (Å²) < 4.78 is 5.41. The van der Waals surface area contributed by atoms with Crippen LogP contribution in [0.1, 0.15) is 38.4 Å². The van der Waals surface area contributed by atoms with Crippen LogP contribution in [0.4, 0.5) is 0 Å². The summed E-state index contributed by atoms with van der Waals surface area (Å²) in [6.07, 6.45) is 6.55. The first kappa shape index (κ1) is 11.7. The molecule has 3 nitrogen and oxygen atoms in total. The van der Waals surface area contributed by atoms with E-state index >= 15 is 0 Å². The Morgan fingerprint density at radius 3 is 2.69 bits per heavy atom. The molecule has 16 heavy (non-hydrogen) atoms. The summed E-state index contributed by atoms with van der Waals surface area (Å²) in [5.41, 5.74) is 5.94. The standard InChI is InChI=1S/C13H22N2O/c1-2-15(10-13-4-3-9-16-13)12-7-5-11(14)6-8-12/h3-4,9,11-12H,2,5-8,10,14H2,1H3. The van der Waals surface area contributed by atoms with Crippen LogP contribution in [-0.2, 0) is 6.54 Å². The molecule has 1 saturated carbocycles. The van der Waals surface area contributed by atoms with Crippen LogP contribution in [0, 0.1) is 0 Å². The molecule has 1 aliphatic carbocycles. The van der Waals surface area contributed by atoms with Crippen LogP contribution in [-0.4, -0.2) is 23.5 Å². The maximum Gasteiger partial charge on any atom is 0.117 e. The Hall–Kier alpha value is -0.800. The van der Waals surface area contributed by atoms with Gasteiger partial charge in [-0.15, -0.1) is 0 Å². The molecule has 0 radical (unpaired) electrons. The molecule has 1 aliphatic rings. The molecule has 0 spiro atoms. The first-order valence-corrected chi connectivity index (χ1v) is 6.31. The second-order valence-electron chi connectivity index (χ2n) is 4.71. The van der Waals surface area contributed by atoms with E-state index in [4.69, 9.17) is 10.2 Å². The molecule has 0 atom stereocenters. The SMILES string of the molecule is CCN(Cc1ccco1)C1CCC(N)CC1. The molecule has 1 fully saturated rings. The van der Waals surface area contributed by atoms with Crippen molar-refractivity contribution in [3.8, 4) is 0 Å². The van der Waals surface area contributed by atoms with E-state index in [1.807, 2.05) is 6.07 Å². The molecule has 3 heteroatoms. The molecular weight excluding hydrogens is 200 g/mol. The second kappa shape index (κ2) is 5.51. The fourth-order valence-corrected chi connectivity index (χ4v) is 2.57. The van der Waals surface area contributed by atoms with Crippen LogP contribution in [0.3, 0.4) is 0 Å². The lowest BCUT2D eigenvalue weighted by Crippen LogP contribution is -2.40. The van der Waals surface area contributed by atoms with E-state index in [0.29, 0.717) is 12.1 Å². The topological polar surface area (TPSA) is 42.4 Å². The molecule has 1 aromatic rings. The number of furan rings is 1. The van der Waals surface area contributed by atoms with Crippen LogP contribution in [0.15, 0.2) is 22.8 Å². The van der Waals surface area contributed by atoms with Gasteiger partial charge in [0.15, 0.2) is 0 Å². The van der Waals surface area contributed by atoms with E-state index in [-0.39, 0.29) is 0 Å². The number of nitrogens with zero attached hydrogens (tertiary/aromatic N) is 1. The first-order chi connectivity index (χ1) is 7.79. The van der Waals surface area contributed by atoms with E-state index in [1.165, 1.54) is 25.7 Å². The van der Waals surface area contributed by atoms with Crippen molar-refractivity contribution in [1.82, 2.24) is 4.90 Å². The molecule has 2 rings (SSSR count). The van der Waals surface area contributed by atoms with Crippen molar-refractivity contribution in [2.45, 2.75) is 51.2 Å². The van der Waals surface area contributed by atoms with Gasteiger partial charge in [-0.3, -0.25) is 4.90 Å². The molecule has 1 heterocycles. The van der Waals surface area contributed by atoms with Crippen molar-refractivity contribution in [3.05, 3.63) is 24.2 Å². The maximum absolute atomic E-state index is 5.94. The predicted octanol–water partition coefficient (Wildman–Crippen LogP) is 2.37. The minimum atomic E-state index is 0.429. The van der Waals surface area contributed by atoms with E-state index in [2.05, 4.69) is 17.9 Å². The molecule has 2 N–H and O–H groups in total. The molecule has 90 valence electrons. The van der Waals surface area contributed by atoms with Crippen LogP contribution in [0.5, 0.6) is 0 Å². The molecule has 0 unspecified atom stereocenters. The third-order valence-electron chi connectivity index (χ3n) is 3.60. The highest BCUT2D eigenvalue weighted by atomic mass is 16.3. The third-order valence-corrected chi connectivity index (χ3v) is 3.60. The number of hydrogen-bond acceptors (Lipinski definition) is 3. The van der Waals surface area contributed by atoms with Crippen molar-refractivity contribution < 1.29 is 4.42 Å². The molecule has 0 amide bonds. The Balaban J connectivity index is 1.89. The van der Waals surface area contributed by atoms with Gasteiger partial charge in [-0.05, 0) is 44.4 Å². The largest absolute Gasteiger partial charge is 0.468 e. The molecule has 0 aliphatic heterocycles. The average molecular weight is 222 g/mol. The fourth-order valence-electron chi connectivity index (χ4n) is 2.57. The van der Waals surface area contributed by atoms with Crippen LogP contribution in [0.2, 0.25) is 0 Å². The summed E-state index contributed by atoms with van der Waals surface area (Å²) in [7, 11) is 0. The zero-order chi connectivity index (χ0) is 11.4. The number of nitrogens with two attached hydrogens (primary N) is 1. The van der Waals surface area contributed by atoms with Gasteiger partial charge >= 0.3 is 0 Å². The Morgan fingerprint density at radius 2 is 2.12 bits per heavy atom. The maximum atomic E-state index is 5.94. The van der Waals surface area contributed by atoms with E-state index in [9.17, 15) is 0 Å². The smallest absolute Gasteiger partial charge is 0.117 e. The van der Waals surface area contributed by atoms with E-state index in [1.54, 1.807) is 6.26 Å². The highest BCUT2D eigenvalue weighted by Crippen LogP contribution is 2.23. The summed E-state index contributed by atoms with van der Waals surface area (Å²) in [4.78, 5) is 2.50. The number of hydrogen-bond donors (Lipinski definition) is 1. The lowest BCUT2D eigenvalue weighted by atomic mass is 9.90. The molecule has 0 aromatic carbocycles. The summed E-state index contributed by atoms with van der Waals surface area (Å²) in [6, 6.07) is 5.13. The lowest BCUT2D eigenvalue weighted by Gasteiger charge is -2.34. The summed E-state index contributed by atoms with van der Waals surface area (Å²) in [5.74, 6) is 1.07. The van der Waals surface area contributed by atoms with Crippen LogP contribution >= 0.6 is 0 Å². The third kappa shape index (κ3) is 2.86. The Kier molecular flexibility index (Phi) is 4.02. The fraction of sp³-hybridized carbons (Fsp3) is 0.692. The first-order valence-electron chi connectivity index (χ1n) is 6.31. The van der Waals surface area contributed by atoms with Gasteiger partial charge in [-0.2, -0.15) is 0 Å². The van der Waals surface area contributed by atoms with Gasteiger partial charge in [0, 0.05) is 12.1 Å². The van der Waals surface area contributed by atoms with Crippen molar-refractivity contribution in [2.75, 3.05) is 6.54 Å². The van der Waals surface area contributed by atoms with Crippen molar-refractivity contribution in [1.29, 1.82) is 0 Å². The van der Waals surface area contributed by atoms with Gasteiger partial charge < -0.3 is 10.2 Å². The van der Waals surface area contributed by atoms with Crippen molar-refractivity contribution in [2.24, 2.45) is 5.73 Å². The zero-order valence-corrected chi connectivity index (χ0v) is 10.1. The quantitative estimate of drug-likeness (QED) is 0.850. The van der Waals surface area contributed by atoms with Gasteiger partial charge in [-0.25, -0.2) is 0 Å². The minimum Gasteiger partial charge on any atom is -0.468 e. The Bertz CT molecular complexity index is 289. The average Bonchev–Trinajstić information content (AvgIpc) is 2.80. The van der Waals surface area contributed by atoms with Gasteiger partial charge in [0.2, 0.25) is 0 Å². The number of rotatable bonds is 4. The predicted molar refractivity (Wildman–Crippen MR) is 65.0 cm³/mol. The Morgan fingerprint density at radius 1 is 1.38 bits per heavy atom. The van der Waals surface area contributed by atoms with E-state index < -0.39 is 0 Å². The summed E-state index contributed by atoms with van der Waals surface area (Å²) in [5, 5.41) is 0. The van der Waals surface area contributed by atoms with Crippen molar-refractivity contribution in [3.63, 3.8) is 0 Å². The molecule has 0 bridgehead atoms. The molecule has 0 saturated heterocycles. The Labute approximate surface area is 97.6 Å². The second-order valence-corrected chi connectivity index (χ2v) is 4.71. The lowest BCUT2D eigenvalue weighted by molar-refractivity contribution is 0.139. The van der Waals surface area contributed by atoms with Crippen LogP contribution < -0.4 is 5.73 Å². The molecule has 1 aromatic heterocycles. The van der Waals surface area contributed by atoms with Crippen molar-refractivity contribution >= 4 is 0 Å². The van der Waals surface area contributed by atoms with Crippen LogP contribution in [0.25, 0.3) is 0 Å². The highest BCUT2D eigenvalue weighted by molar-refractivity contribution is 4.98. The van der Waals surface area contributed by atoms with Gasteiger partial charge in [-0.1, -0.05) is 6.92 Å².